The third kappa shape index (κ3) is 5.64. The first-order valence-corrected chi connectivity index (χ1v) is 7.55. The Morgan fingerprint density at radius 3 is 1.95 bits per heavy atom. The number of carbonyl (C=O) groups excluding carboxylic acids is 2. The van der Waals surface area contributed by atoms with E-state index in [4.69, 9.17) is 0 Å². The number of nitrogens with one attached hydrogen (secondary N) is 1. The maximum Gasteiger partial charge on any atom is 0.435 e. The Hall–Kier alpha value is -2.18. The van der Waals surface area contributed by atoms with Gasteiger partial charge in [0.25, 0.3) is 0 Å². The standard InChI is InChI=1S/C8H8N2O8S2/c9-19(13,14)17-7(11)8(12)18-20(15,16)10-6-4-2-1-3-5-6/h1-5,10H,(H2,9,13,14). The Labute approximate surface area is 114 Å². The number of para-hydroxylation sites is 1. The van der Waals surface area contributed by atoms with E-state index in [1.54, 1.807) is 6.07 Å². The summed E-state index contributed by atoms with van der Waals surface area (Å²) in [6.45, 7) is 0. The van der Waals surface area contributed by atoms with Gasteiger partial charge in [0.2, 0.25) is 0 Å². The van der Waals surface area contributed by atoms with E-state index < -0.39 is 32.5 Å². The van der Waals surface area contributed by atoms with E-state index in [1.807, 2.05) is 4.72 Å². The Morgan fingerprint density at radius 1 is 0.950 bits per heavy atom. The number of hydrogen-bond acceptors (Lipinski definition) is 8. The van der Waals surface area contributed by atoms with E-state index in [0.29, 0.717) is 0 Å². The molecule has 0 saturated heterocycles. The molecule has 110 valence electrons. The Balaban J connectivity index is 2.72. The fourth-order valence-corrected chi connectivity index (χ4v) is 1.96. The summed E-state index contributed by atoms with van der Waals surface area (Å²) in [5, 5.41) is 4.32. The van der Waals surface area contributed by atoms with E-state index in [-0.39, 0.29) is 5.69 Å². The van der Waals surface area contributed by atoms with Crippen molar-refractivity contribution in [2.45, 2.75) is 0 Å². The summed E-state index contributed by atoms with van der Waals surface area (Å²) in [4.78, 5) is 21.8. The minimum atomic E-state index is -4.75. The predicted octanol–water partition coefficient (Wildman–Crippen LogP) is -1.37. The van der Waals surface area contributed by atoms with Crippen molar-refractivity contribution in [2.24, 2.45) is 5.14 Å². The van der Waals surface area contributed by atoms with Gasteiger partial charge in [0, 0.05) is 0 Å². The van der Waals surface area contributed by atoms with Gasteiger partial charge in [-0.25, -0.2) is 9.59 Å². The van der Waals surface area contributed by atoms with Gasteiger partial charge in [0.15, 0.2) is 0 Å². The first kappa shape index (κ1) is 15.9. The maximum absolute atomic E-state index is 11.3. The SMILES string of the molecule is NS(=O)(=O)OC(=O)C(=O)OS(=O)(=O)Nc1ccccc1. The fraction of sp³-hybridized carbons (Fsp3) is 0. The van der Waals surface area contributed by atoms with Gasteiger partial charge in [0.1, 0.15) is 0 Å². The molecule has 20 heavy (non-hydrogen) atoms. The molecule has 0 aliphatic rings. The van der Waals surface area contributed by atoms with Gasteiger partial charge in [-0.05, 0) is 12.1 Å². The third-order valence-corrected chi connectivity index (χ3v) is 2.80. The van der Waals surface area contributed by atoms with Crippen LogP contribution in [0.15, 0.2) is 30.3 Å². The summed E-state index contributed by atoms with van der Waals surface area (Å²) in [5.41, 5.74) is 0.0557. The summed E-state index contributed by atoms with van der Waals surface area (Å²) in [7, 11) is -9.42. The second-order valence-corrected chi connectivity index (χ2v) is 5.59. The van der Waals surface area contributed by atoms with Crippen LogP contribution in [0.2, 0.25) is 0 Å². The van der Waals surface area contributed by atoms with Crippen LogP contribution in [0.25, 0.3) is 0 Å². The molecule has 10 nitrogen and oxygen atoms in total. The molecule has 1 rings (SSSR count). The highest BCUT2D eigenvalue weighted by molar-refractivity contribution is 7.88. The normalized spacial score (nSPS) is 11.4. The van der Waals surface area contributed by atoms with Crippen LogP contribution in [0, 0.1) is 0 Å². The smallest absolute Gasteiger partial charge is 0.324 e. The quantitative estimate of drug-likeness (QED) is 0.642. The minimum Gasteiger partial charge on any atom is -0.324 e. The number of nitrogens with two attached hydrogens (primary N) is 1. The first-order chi connectivity index (χ1) is 9.09. The van der Waals surface area contributed by atoms with Crippen LogP contribution >= 0.6 is 0 Å². The van der Waals surface area contributed by atoms with Crippen molar-refractivity contribution in [1.29, 1.82) is 0 Å². The maximum atomic E-state index is 11.3. The van der Waals surface area contributed by atoms with Crippen molar-refractivity contribution in [1.82, 2.24) is 0 Å². The summed E-state index contributed by atoms with van der Waals surface area (Å²) in [5.74, 6) is -4.16. The molecule has 0 spiro atoms. The zero-order valence-corrected chi connectivity index (χ0v) is 11.2. The van der Waals surface area contributed by atoms with Crippen LogP contribution in [-0.2, 0) is 38.6 Å². The lowest BCUT2D eigenvalue weighted by Gasteiger charge is -2.06. The Morgan fingerprint density at radius 2 is 1.45 bits per heavy atom. The molecule has 0 aliphatic carbocycles. The number of benzene rings is 1. The minimum absolute atomic E-state index is 0.0557. The highest BCUT2D eigenvalue weighted by atomic mass is 32.2. The average Bonchev–Trinajstić information content (AvgIpc) is 2.26. The zero-order valence-electron chi connectivity index (χ0n) is 9.55. The molecule has 0 fully saturated rings. The largest absolute Gasteiger partial charge is 0.435 e. The first-order valence-electron chi connectivity index (χ1n) is 4.67. The molecule has 0 radical (unpaired) electrons. The highest BCUT2D eigenvalue weighted by Gasteiger charge is 2.28. The monoisotopic (exact) mass is 324 g/mol. The van der Waals surface area contributed by atoms with Gasteiger partial charge in [0.05, 0.1) is 5.69 Å². The van der Waals surface area contributed by atoms with Gasteiger partial charge < -0.3 is 8.37 Å². The molecule has 0 amide bonds. The molecule has 0 bridgehead atoms. The van der Waals surface area contributed by atoms with Gasteiger partial charge in [-0.3, -0.25) is 4.72 Å². The van der Waals surface area contributed by atoms with Crippen molar-refractivity contribution in [3.8, 4) is 0 Å². The van der Waals surface area contributed by atoms with Gasteiger partial charge in [-0.1, -0.05) is 18.2 Å². The van der Waals surface area contributed by atoms with Crippen LogP contribution in [0.3, 0.4) is 0 Å². The van der Waals surface area contributed by atoms with Gasteiger partial charge >= 0.3 is 32.5 Å². The number of hydrogen-bond donors (Lipinski definition) is 2. The topological polar surface area (TPSA) is 159 Å². The molecule has 0 unspecified atom stereocenters. The lowest BCUT2D eigenvalue weighted by atomic mass is 10.3. The second-order valence-electron chi connectivity index (χ2n) is 3.16. The summed E-state index contributed by atoms with van der Waals surface area (Å²) < 4.78 is 52.4. The number of rotatable bonds is 4. The van der Waals surface area contributed by atoms with Crippen LogP contribution in [0.1, 0.15) is 0 Å². The van der Waals surface area contributed by atoms with Crippen molar-refractivity contribution in [3.05, 3.63) is 30.3 Å². The van der Waals surface area contributed by atoms with Crippen LogP contribution in [-0.4, -0.2) is 28.8 Å². The lowest BCUT2D eigenvalue weighted by Crippen LogP contribution is -2.30. The summed E-state index contributed by atoms with van der Waals surface area (Å²) in [6.07, 6.45) is 0. The van der Waals surface area contributed by atoms with Crippen LogP contribution in [0.4, 0.5) is 5.69 Å². The molecule has 0 aliphatic heterocycles. The third-order valence-electron chi connectivity index (χ3n) is 1.56. The van der Waals surface area contributed by atoms with Crippen molar-refractivity contribution >= 4 is 38.2 Å². The molecule has 0 heterocycles. The number of carbonyl (C=O) groups is 2. The van der Waals surface area contributed by atoms with Gasteiger partial charge in [-0.15, -0.1) is 0 Å². The van der Waals surface area contributed by atoms with Crippen LogP contribution < -0.4 is 9.86 Å². The van der Waals surface area contributed by atoms with E-state index in [1.165, 1.54) is 24.3 Å². The highest BCUT2D eigenvalue weighted by Crippen LogP contribution is 2.08. The van der Waals surface area contributed by atoms with E-state index in [2.05, 4.69) is 13.5 Å². The Kier molecular flexibility index (Phi) is 4.65. The fourth-order valence-electron chi connectivity index (χ4n) is 0.945. The average molecular weight is 324 g/mol. The van der Waals surface area contributed by atoms with Crippen LogP contribution in [0.5, 0.6) is 0 Å². The summed E-state index contributed by atoms with van der Waals surface area (Å²) >= 11 is 0. The Bertz CT molecular complexity index is 710. The summed E-state index contributed by atoms with van der Waals surface area (Å²) in [6, 6.07) is 7.28. The molecule has 3 N–H and O–H groups in total. The molecule has 0 saturated carbocycles. The van der Waals surface area contributed by atoms with E-state index >= 15 is 0 Å². The van der Waals surface area contributed by atoms with Gasteiger partial charge in [-0.2, -0.15) is 22.0 Å². The molecule has 1 aromatic rings. The van der Waals surface area contributed by atoms with Crippen molar-refractivity contribution in [2.75, 3.05) is 4.72 Å². The van der Waals surface area contributed by atoms with E-state index in [9.17, 15) is 26.4 Å². The molecular weight excluding hydrogens is 316 g/mol. The lowest BCUT2D eigenvalue weighted by molar-refractivity contribution is -0.155. The predicted molar refractivity (Wildman–Crippen MR) is 64.3 cm³/mol. The molecule has 0 aromatic heterocycles. The molecule has 12 heteroatoms. The second kappa shape index (κ2) is 5.85. The molecule has 1 aromatic carbocycles. The molecular formula is C8H8N2O8S2. The van der Waals surface area contributed by atoms with Crippen molar-refractivity contribution < 1.29 is 34.8 Å². The van der Waals surface area contributed by atoms with Crippen molar-refractivity contribution in [3.63, 3.8) is 0 Å². The zero-order chi connectivity index (χ0) is 15.4. The molecule has 0 atom stereocenters. The number of anilines is 1. The van der Waals surface area contributed by atoms with E-state index in [0.717, 1.165) is 0 Å².